The van der Waals surface area contributed by atoms with Crippen molar-refractivity contribution in [3.8, 4) is 0 Å². The molecule has 0 aromatic rings. The molecule has 0 aromatic carbocycles. The van der Waals surface area contributed by atoms with Crippen LogP contribution in [0.15, 0.2) is 4.99 Å². The SMILES string of the molecule is COC(=O)[C@@H]1CC[C@H]1C(=O)N1CCN(C2=NCC(C)(C)S2)CC1. The van der Waals surface area contributed by atoms with Crippen molar-refractivity contribution in [3.63, 3.8) is 0 Å². The molecule has 6 nitrogen and oxygen atoms in total. The van der Waals surface area contributed by atoms with Gasteiger partial charge >= 0.3 is 5.97 Å². The zero-order chi connectivity index (χ0) is 16.6. The van der Waals surface area contributed by atoms with Crippen LogP contribution >= 0.6 is 11.8 Å². The average molecular weight is 339 g/mol. The van der Waals surface area contributed by atoms with Crippen molar-refractivity contribution in [2.75, 3.05) is 39.8 Å². The molecule has 1 saturated heterocycles. The molecule has 0 unspecified atom stereocenters. The van der Waals surface area contributed by atoms with Crippen molar-refractivity contribution in [2.45, 2.75) is 31.4 Å². The molecule has 1 saturated carbocycles. The Balaban J connectivity index is 1.51. The Kier molecular flexibility index (Phi) is 4.58. The largest absolute Gasteiger partial charge is 0.469 e. The highest BCUT2D eigenvalue weighted by atomic mass is 32.2. The minimum absolute atomic E-state index is 0.118. The van der Waals surface area contributed by atoms with Crippen LogP contribution in [0.3, 0.4) is 0 Å². The van der Waals surface area contributed by atoms with Crippen LogP contribution in [0.25, 0.3) is 0 Å². The van der Waals surface area contributed by atoms with Gasteiger partial charge in [0.2, 0.25) is 5.91 Å². The smallest absolute Gasteiger partial charge is 0.309 e. The lowest BCUT2D eigenvalue weighted by atomic mass is 9.72. The van der Waals surface area contributed by atoms with E-state index in [1.54, 1.807) is 0 Å². The quantitative estimate of drug-likeness (QED) is 0.708. The van der Waals surface area contributed by atoms with E-state index in [9.17, 15) is 9.59 Å². The van der Waals surface area contributed by atoms with Crippen LogP contribution < -0.4 is 0 Å². The van der Waals surface area contributed by atoms with Crippen LogP contribution in [-0.2, 0) is 14.3 Å². The second-order valence-electron chi connectivity index (χ2n) is 7.09. The van der Waals surface area contributed by atoms with E-state index in [4.69, 9.17) is 4.74 Å². The molecule has 0 N–H and O–H groups in total. The summed E-state index contributed by atoms with van der Waals surface area (Å²) in [5.74, 6) is -0.535. The number of nitrogens with zero attached hydrogens (tertiary/aromatic N) is 3. The van der Waals surface area contributed by atoms with E-state index in [1.807, 2.05) is 16.7 Å². The number of hydrogen-bond donors (Lipinski definition) is 0. The Morgan fingerprint density at radius 2 is 1.83 bits per heavy atom. The van der Waals surface area contributed by atoms with E-state index in [0.717, 1.165) is 37.6 Å². The minimum atomic E-state index is -0.243. The molecule has 2 heterocycles. The summed E-state index contributed by atoms with van der Waals surface area (Å²) in [6.45, 7) is 8.34. The van der Waals surface area contributed by atoms with E-state index in [-0.39, 0.29) is 28.5 Å². The van der Waals surface area contributed by atoms with E-state index in [1.165, 1.54) is 7.11 Å². The van der Waals surface area contributed by atoms with E-state index in [2.05, 4.69) is 23.7 Å². The van der Waals surface area contributed by atoms with Crippen molar-refractivity contribution in [1.82, 2.24) is 9.80 Å². The zero-order valence-corrected chi connectivity index (χ0v) is 14.9. The third kappa shape index (κ3) is 3.34. The average Bonchev–Trinajstić information content (AvgIpc) is 2.86. The number of methoxy groups -OCH3 is 1. The summed E-state index contributed by atoms with van der Waals surface area (Å²) in [7, 11) is 1.39. The number of amidine groups is 1. The number of rotatable bonds is 2. The second-order valence-corrected chi connectivity index (χ2v) is 8.76. The highest BCUT2D eigenvalue weighted by Gasteiger charge is 2.44. The number of ether oxygens (including phenoxy) is 1. The van der Waals surface area contributed by atoms with Gasteiger partial charge in [0.25, 0.3) is 0 Å². The van der Waals surface area contributed by atoms with Gasteiger partial charge in [0, 0.05) is 30.9 Å². The third-order valence-electron chi connectivity index (χ3n) is 4.92. The molecule has 0 spiro atoms. The van der Waals surface area contributed by atoms with Gasteiger partial charge in [-0.15, -0.1) is 0 Å². The maximum Gasteiger partial charge on any atom is 0.309 e. The van der Waals surface area contributed by atoms with Gasteiger partial charge in [-0.25, -0.2) is 0 Å². The summed E-state index contributed by atoms with van der Waals surface area (Å²) < 4.78 is 4.97. The number of carbonyl (C=O) groups excluding carboxylic acids is 2. The first-order chi connectivity index (χ1) is 10.9. The van der Waals surface area contributed by atoms with Crippen molar-refractivity contribution >= 4 is 28.8 Å². The molecule has 7 heteroatoms. The molecule has 2 aliphatic heterocycles. The fraction of sp³-hybridized carbons (Fsp3) is 0.812. The summed E-state index contributed by atoms with van der Waals surface area (Å²) in [5.41, 5.74) is 0. The molecular formula is C16H25N3O3S. The zero-order valence-electron chi connectivity index (χ0n) is 14.1. The number of aliphatic imine (C=N–C) groups is 1. The fourth-order valence-corrected chi connectivity index (χ4v) is 4.38. The van der Waals surface area contributed by atoms with E-state index >= 15 is 0 Å². The molecule has 2 atom stereocenters. The molecular weight excluding hydrogens is 314 g/mol. The number of thioether (sulfide) groups is 1. The summed E-state index contributed by atoms with van der Waals surface area (Å²) in [5, 5.41) is 1.11. The number of hydrogen-bond acceptors (Lipinski definition) is 6. The van der Waals surface area contributed by atoms with Gasteiger partial charge in [-0.2, -0.15) is 0 Å². The van der Waals surface area contributed by atoms with Crippen molar-refractivity contribution in [2.24, 2.45) is 16.8 Å². The number of esters is 1. The lowest BCUT2D eigenvalue weighted by Gasteiger charge is -2.41. The normalized spacial score (nSPS) is 29.8. The first-order valence-electron chi connectivity index (χ1n) is 8.26. The second kappa shape index (κ2) is 6.34. The summed E-state index contributed by atoms with van der Waals surface area (Å²) in [6.07, 6.45) is 1.57. The van der Waals surface area contributed by atoms with Crippen LogP contribution in [-0.4, -0.2) is 71.4 Å². The Hall–Kier alpha value is -1.24. The van der Waals surface area contributed by atoms with E-state index in [0.29, 0.717) is 13.1 Å². The maximum atomic E-state index is 12.6. The Morgan fingerprint density at radius 1 is 1.17 bits per heavy atom. The number of piperazine rings is 1. The summed E-state index contributed by atoms with van der Waals surface area (Å²) in [6, 6.07) is 0. The maximum absolute atomic E-state index is 12.6. The third-order valence-corrected chi connectivity index (χ3v) is 6.17. The lowest BCUT2D eigenvalue weighted by molar-refractivity contribution is -0.159. The number of amides is 1. The van der Waals surface area contributed by atoms with Crippen LogP contribution in [0.2, 0.25) is 0 Å². The Labute approximate surface area is 141 Å². The molecule has 1 amide bonds. The standard InChI is InChI=1S/C16H25N3O3S/c1-16(2)10-17-15(23-16)19-8-6-18(7-9-19)13(20)11-4-5-12(11)14(21)22-3/h11-12H,4-10H2,1-3H3/t11-,12-/m1/s1. The lowest BCUT2D eigenvalue weighted by Crippen LogP contribution is -2.54. The molecule has 3 aliphatic rings. The predicted octanol–water partition coefficient (Wildman–Crippen LogP) is 1.21. The van der Waals surface area contributed by atoms with Crippen LogP contribution in [0.1, 0.15) is 26.7 Å². The minimum Gasteiger partial charge on any atom is -0.469 e. The monoisotopic (exact) mass is 339 g/mol. The highest BCUT2D eigenvalue weighted by Crippen LogP contribution is 2.37. The van der Waals surface area contributed by atoms with Crippen molar-refractivity contribution < 1.29 is 14.3 Å². The molecule has 128 valence electrons. The van der Waals surface area contributed by atoms with Gasteiger partial charge < -0.3 is 14.5 Å². The van der Waals surface area contributed by atoms with Crippen LogP contribution in [0.4, 0.5) is 0 Å². The van der Waals surface area contributed by atoms with Crippen molar-refractivity contribution in [3.05, 3.63) is 0 Å². The van der Waals surface area contributed by atoms with Gasteiger partial charge in [-0.1, -0.05) is 11.8 Å². The van der Waals surface area contributed by atoms with Gasteiger partial charge in [-0.3, -0.25) is 14.6 Å². The first kappa shape index (κ1) is 16.6. The highest BCUT2D eigenvalue weighted by molar-refractivity contribution is 8.15. The van der Waals surface area contributed by atoms with Gasteiger partial charge in [0.1, 0.15) is 0 Å². The van der Waals surface area contributed by atoms with Gasteiger partial charge in [0.15, 0.2) is 5.17 Å². The van der Waals surface area contributed by atoms with Crippen LogP contribution in [0.5, 0.6) is 0 Å². The topological polar surface area (TPSA) is 62.2 Å². The van der Waals surface area contributed by atoms with Gasteiger partial charge in [-0.05, 0) is 26.7 Å². The fourth-order valence-electron chi connectivity index (χ4n) is 3.32. The molecule has 23 heavy (non-hydrogen) atoms. The molecule has 0 radical (unpaired) electrons. The Morgan fingerprint density at radius 3 is 2.30 bits per heavy atom. The Bertz CT molecular complexity index is 527. The number of carbonyl (C=O) groups is 2. The van der Waals surface area contributed by atoms with E-state index < -0.39 is 0 Å². The van der Waals surface area contributed by atoms with Gasteiger partial charge in [0.05, 0.1) is 25.5 Å². The predicted molar refractivity (Wildman–Crippen MR) is 90.4 cm³/mol. The molecule has 0 bridgehead atoms. The first-order valence-corrected chi connectivity index (χ1v) is 9.08. The molecule has 1 aliphatic carbocycles. The summed E-state index contributed by atoms with van der Waals surface area (Å²) in [4.78, 5) is 33.1. The molecule has 3 rings (SSSR count). The van der Waals surface area contributed by atoms with Crippen molar-refractivity contribution in [1.29, 1.82) is 0 Å². The molecule has 0 aromatic heterocycles. The summed E-state index contributed by atoms with van der Waals surface area (Å²) >= 11 is 1.82. The van der Waals surface area contributed by atoms with Crippen LogP contribution in [0, 0.1) is 11.8 Å². The molecule has 2 fully saturated rings.